The van der Waals surface area contributed by atoms with Gasteiger partial charge in [-0.2, -0.15) is 4.39 Å². The molecule has 94 valence electrons. The largest absolute Gasteiger partial charge is 0.457 e. The molecule has 2 nitrogen and oxygen atoms in total. The number of ether oxygens (including phenoxy) is 2. The molecule has 1 heterocycles. The first-order chi connectivity index (χ1) is 7.85. The van der Waals surface area contributed by atoms with E-state index in [1.807, 2.05) is 39.8 Å². The van der Waals surface area contributed by atoms with E-state index in [-0.39, 0.29) is 5.41 Å². The fourth-order valence-electron chi connectivity index (χ4n) is 1.81. The number of epoxide rings is 1. The first-order valence-electron chi connectivity index (χ1n) is 5.86. The van der Waals surface area contributed by atoms with Gasteiger partial charge in [0.1, 0.15) is 5.75 Å². The average Bonchev–Trinajstić information content (AvgIpc) is 3.01. The zero-order chi connectivity index (χ0) is 12.7. The van der Waals surface area contributed by atoms with Gasteiger partial charge in [0.2, 0.25) is 0 Å². The van der Waals surface area contributed by atoms with Crippen LogP contribution in [-0.4, -0.2) is 18.6 Å². The van der Waals surface area contributed by atoms with Crippen LogP contribution in [0.5, 0.6) is 5.75 Å². The molecule has 2 atom stereocenters. The van der Waals surface area contributed by atoms with Crippen molar-refractivity contribution in [1.82, 2.24) is 0 Å². The predicted octanol–water partition coefficient (Wildman–Crippen LogP) is 3.48. The van der Waals surface area contributed by atoms with Gasteiger partial charge >= 0.3 is 0 Å². The van der Waals surface area contributed by atoms with E-state index >= 15 is 0 Å². The maximum atomic E-state index is 14.2. The van der Waals surface area contributed by atoms with E-state index in [9.17, 15) is 4.39 Å². The summed E-state index contributed by atoms with van der Waals surface area (Å²) < 4.78 is 24.8. The third-order valence-corrected chi connectivity index (χ3v) is 3.35. The molecule has 1 fully saturated rings. The molecule has 1 aromatic carbocycles. The molecular formula is C14H19FO2. The van der Waals surface area contributed by atoms with Crippen LogP contribution in [0.1, 0.15) is 26.3 Å². The molecule has 1 aliphatic heterocycles. The molecule has 2 unspecified atom stereocenters. The molecule has 1 aliphatic rings. The Morgan fingerprint density at radius 1 is 1.29 bits per heavy atom. The maximum Gasteiger partial charge on any atom is 0.269 e. The Morgan fingerprint density at radius 2 is 1.82 bits per heavy atom. The Labute approximate surface area is 102 Å². The van der Waals surface area contributed by atoms with E-state index in [4.69, 9.17) is 9.47 Å². The van der Waals surface area contributed by atoms with Gasteiger partial charge in [0.05, 0.1) is 6.61 Å². The van der Waals surface area contributed by atoms with E-state index < -0.39 is 12.0 Å². The van der Waals surface area contributed by atoms with Gasteiger partial charge in [-0.05, 0) is 24.5 Å². The first-order valence-corrected chi connectivity index (χ1v) is 5.86. The summed E-state index contributed by atoms with van der Waals surface area (Å²) in [6.45, 7) is 8.29. The molecule has 0 N–H and O–H groups in total. The summed E-state index contributed by atoms with van der Waals surface area (Å²) in [7, 11) is 0. The summed E-state index contributed by atoms with van der Waals surface area (Å²) in [5.74, 6) is 0.544. The van der Waals surface area contributed by atoms with Crippen LogP contribution in [0.4, 0.5) is 4.39 Å². The van der Waals surface area contributed by atoms with Crippen molar-refractivity contribution in [3.05, 3.63) is 29.8 Å². The molecular weight excluding hydrogens is 219 g/mol. The third-order valence-electron chi connectivity index (χ3n) is 3.35. The molecule has 0 spiro atoms. The molecule has 0 bridgehead atoms. The van der Waals surface area contributed by atoms with Crippen molar-refractivity contribution < 1.29 is 13.9 Å². The smallest absolute Gasteiger partial charge is 0.269 e. The van der Waals surface area contributed by atoms with Crippen molar-refractivity contribution in [3.63, 3.8) is 0 Å². The summed E-state index contributed by atoms with van der Waals surface area (Å²) in [6.07, 6.45) is -1.43. The SMILES string of the molecule is Cc1ccc(OC(F)C2(C(C)(C)C)CO2)cc1. The zero-order valence-electron chi connectivity index (χ0n) is 10.8. The summed E-state index contributed by atoms with van der Waals surface area (Å²) in [6, 6.07) is 7.36. The van der Waals surface area contributed by atoms with E-state index in [1.165, 1.54) is 0 Å². The molecule has 0 aromatic heterocycles. The molecule has 0 amide bonds. The van der Waals surface area contributed by atoms with Crippen LogP contribution in [0.15, 0.2) is 24.3 Å². The first kappa shape index (κ1) is 12.4. The van der Waals surface area contributed by atoms with Crippen LogP contribution >= 0.6 is 0 Å². The van der Waals surface area contributed by atoms with Gasteiger partial charge in [-0.1, -0.05) is 38.5 Å². The minimum absolute atomic E-state index is 0.267. The van der Waals surface area contributed by atoms with Crippen LogP contribution < -0.4 is 4.74 Å². The van der Waals surface area contributed by atoms with Gasteiger partial charge in [0.15, 0.2) is 5.60 Å². The Hall–Kier alpha value is -1.09. The molecule has 3 heteroatoms. The van der Waals surface area contributed by atoms with Gasteiger partial charge in [-0.15, -0.1) is 0 Å². The second-order valence-electron chi connectivity index (χ2n) is 5.68. The van der Waals surface area contributed by atoms with Crippen molar-refractivity contribution >= 4 is 0 Å². The number of hydrogen-bond acceptors (Lipinski definition) is 2. The van der Waals surface area contributed by atoms with Crippen molar-refractivity contribution in [2.45, 2.75) is 39.7 Å². The molecule has 0 saturated carbocycles. The standard InChI is InChI=1S/C14H19FO2/c1-10-5-7-11(8-6-10)17-12(15)14(9-16-14)13(2,3)4/h5-8,12H,9H2,1-4H3. The number of alkyl halides is 1. The van der Waals surface area contributed by atoms with E-state index in [1.54, 1.807) is 12.1 Å². The number of halogens is 1. The lowest BCUT2D eigenvalue weighted by molar-refractivity contribution is -0.0544. The highest BCUT2D eigenvalue weighted by Gasteiger charge is 2.62. The van der Waals surface area contributed by atoms with Gasteiger partial charge in [-0.3, -0.25) is 0 Å². The number of benzene rings is 1. The normalized spacial score (nSPS) is 25.5. The van der Waals surface area contributed by atoms with E-state index in [0.29, 0.717) is 12.4 Å². The second kappa shape index (κ2) is 3.98. The van der Waals surface area contributed by atoms with Crippen LogP contribution in [0.25, 0.3) is 0 Å². The molecule has 2 rings (SSSR count). The van der Waals surface area contributed by atoms with Gasteiger partial charge in [0, 0.05) is 0 Å². The molecule has 17 heavy (non-hydrogen) atoms. The average molecular weight is 238 g/mol. The summed E-state index contributed by atoms with van der Waals surface area (Å²) in [5.41, 5.74) is 0.0654. The van der Waals surface area contributed by atoms with Gasteiger partial charge in [-0.25, -0.2) is 0 Å². The second-order valence-corrected chi connectivity index (χ2v) is 5.68. The fourth-order valence-corrected chi connectivity index (χ4v) is 1.81. The third kappa shape index (κ3) is 2.29. The highest BCUT2D eigenvalue weighted by molar-refractivity contribution is 5.27. The van der Waals surface area contributed by atoms with Crippen LogP contribution in [0.3, 0.4) is 0 Å². The highest BCUT2D eigenvalue weighted by atomic mass is 19.1. The lowest BCUT2D eigenvalue weighted by atomic mass is 9.81. The predicted molar refractivity (Wildman–Crippen MR) is 64.8 cm³/mol. The molecule has 0 radical (unpaired) electrons. The maximum absolute atomic E-state index is 14.2. The lowest BCUT2D eigenvalue weighted by Gasteiger charge is -2.30. The van der Waals surface area contributed by atoms with Crippen molar-refractivity contribution in [2.75, 3.05) is 6.61 Å². The van der Waals surface area contributed by atoms with Crippen LogP contribution in [0, 0.1) is 12.3 Å². The molecule has 0 aliphatic carbocycles. The fraction of sp³-hybridized carbons (Fsp3) is 0.571. The monoisotopic (exact) mass is 238 g/mol. The van der Waals surface area contributed by atoms with Crippen LogP contribution in [0.2, 0.25) is 0 Å². The van der Waals surface area contributed by atoms with Crippen molar-refractivity contribution in [2.24, 2.45) is 5.41 Å². The summed E-state index contributed by atoms with van der Waals surface area (Å²) in [5, 5.41) is 0. The van der Waals surface area contributed by atoms with Gasteiger partial charge < -0.3 is 9.47 Å². The molecule has 1 aromatic rings. The zero-order valence-corrected chi connectivity index (χ0v) is 10.8. The minimum Gasteiger partial charge on any atom is -0.457 e. The number of hydrogen-bond donors (Lipinski definition) is 0. The van der Waals surface area contributed by atoms with Crippen LogP contribution in [-0.2, 0) is 4.74 Å². The summed E-state index contributed by atoms with van der Waals surface area (Å²) >= 11 is 0. The topological polar surface area (TPSA) is 21.8 Å². The van der Waals surface area contributed by atoms with E-state index in [2.05, 4.69) is 0 Å². The Bertz CT molecular complexity index is 388. The van der Waals surface area contributed by atoms with E-state index in [0.717, 1.165) is 5.56 Å². The van der Waals surface area contributed by atoms with Gasteiger partial charge in [0.25, 0.3) is 6.36 Å². The quantitative estimate of drug-likeness (QED) is 0.752. The Kier molecular flexibility index (Phi) is 2.90. The molecule has 1 saturated heterocycles. The number of aryl methyl sites for hydroxylation is 1. The lowest BCUT2D eigenvalue weighted by Crippen LogP contribution is -2.42. The number of rotatable bonds is 3. The van der Waals surface area contributed by atoms with Crippen molar-refractivity contribution in [3.8, 4) is 5.75 Å². The highest BCUT2D eigenvalue weighted by Crippen LogP contribution is 2.48. The Morgan fingerprint density at radius 3 is 2.24 bits per heavy atom. The Balaban J connectivity index is 2.07. The summed E-state index contributed by atoms with van der Waals surface area (Å²) in [4.78, 5) is 0. The van der Waals surface area contributed by atoms with Crippen molar-refractivity contribution in [1.29, 1.82) is 0 Å². The minimum atomic E-state index is -1.43.